The fraction of sp³-hybridized carbons (Fsp3) is 0.571. The van der Waals surface area contributed by atoms with E-state index >= 15 is 0 Å². The summed E-state index contributed by atoms with van der Waals surface area (Å²) in [6, 6.07) is 8.48. The first-order chi connectivity index (χ1) is 7.56. The van der Waals surface area contributed by atoms with Crippen molar-refractivity contribution in [1.82, 2.24) is 0 Å². The normalized spacial score (nSPS) is 15.1. The van der Waals surface area contributed by atoms with Crippen LogP contribution in [0, 0.1) is 0 Å². The van der Waals surface area contributed by atoms with Crippen molar-refractivity contribution in [1.29, 1.82) is 0 Å². The zero-order valence-corrected chi connectivity index (χ0v) is 10.7. The van der Waals surface area contributed by atoms with Crippen LogP contribution >= 0.6 is 0 Å². The van der Waals surface area contributed by atoms with Gasteiger partial charge < -0.3 is 10.5 Å². The molecule has 2 atom stereocenters. The first-order valence-corrected chi connectivity index (χ1v) is 6.03. The molecule has 0 aliphatic rings. The Bertz CT molecular complexity index is 305. The lowest BCUT2D eigenvalue weighted by molar-refractivity contribution is 0.0574. The lowest BCUT2D eigenvalue weighted by Gasteiger charge is -2.20. The lowest BCUT2D eigenvalue weighted by Crippen LogP contribution is -2.26. The molecule has 2 nitrogen and oxygen atoms in total. The van der Waals surface area contributed by atoms with Gasteiger partial charge in [0.2, 0.25) is 0 Å². The smallest absolute Gasteiger partial charge is 0.0739 e. The summed E-state index contributed by atoms with van der Waals surface area (Å²) in [5.74, 6) is 0.564. The van der Waals surface area contributed by atoms with Crippen LogP contribution < -0.4 is 5.73 Å². The van der Waals surface area contributed by atoms with Gasteiger partial charge in [-0.1, -0.05) is 38.1 Å². The molecule has 0 aromatic heterocycles. The molecule has 0 fully saturated rings. The SMILES string of the molecule is CCOC(C)C(N)c1ccc(C(C)C)cc1. The van der Waals surface area contributed by atoms with E-state index in [-0.39, 0.29) is 12.1 Å². The van der Waals surface area contributed by atoms with Crippen LogP contribution in [0.4, 0.5) is 0 Å². The molecule has 1 aromatic carbocycles. The van der Waals surface area contributed by atoms with Crippen LogP contribution in [0.15, 0.2) is 24.3 Å². The highest BCUT2D eigenvalue weighted by Gasteiger charge is 2.14. The number of hydrogen-bond acceptors (Lipinski definition) is 2. The second-order valence-electron chi connectivity index (χ2n) is 4.51. The molecule has 2 unspecified atom stereocenters. The van der Waals surface area contributed by atoms with Crippen molar-refractivity contribution in [3.05, 3.63) is 35.4 Å². The fourth-order valence-corrected chi connectivity index (χ4v) is 1.74. The van der Waals surface area contributed by atoms with Crippen LogP contribution in [0.3, 0.4) is 0 Å². The van der Waals surface area contributed by atoms with Crippen molar-refractivity contribution in [3.8, 4) is 0 Å². The Hall–Kier alpha value is -0.860. The summed E-state index contributed by atoms with van der Waals surface area (Å²) >= 11 is 0. The highest BCUT2D eigenvalue weighted by Crippen LogP contribution is 2.20. The minimum Gasteiger partial charge on any atom is -0.377 e. The van der Waals surface area contributed by atoms with Crippen LogP contribution in [-0.2, 0) is 4.74 Å². The minimum absolute atomic E-state index is 0.0406. The molecule has 16 heavy (non-hydrogen) atoms. The van der Waals surface area contributed by atoms with E-state index < -0.39 is 0 Å². The first-order valence-electron chi connectivity index (χ1n) is 6.03. The van der Waals surface area contributed by atoms with Gasteiger partial charge in [-0.3, -0.25) is 0 Å². The molecule has 0 aliphatic heterocycles. The molecule has 2 N–H and O–H groups in total. The zero-order chi connectivity index (χ0) is 12.1. The van der Waals surface area contributed by atoms with Crippen molar-refractivity contribution >= 4 is 0 Å². The van der Waals surface area contributed by atoms with Gasteiger partial charge >= 0.3 is 0 Å². The maximum absolute atomic E-state index is 6.13. The van der Waals surface area contributed by atoms with Gasteiger partial charge in [0.05, 0.1) is 12.1 Å². The maximum Gasteiger partial charge on any atom is 0.0739 e. The molecule has 0 bridgehead atoms. The van der Waals surface area contributed by atoms with E-state index in [1.165, 1.54) is 5.56 Å². The van der Waals surface area contributed by atoms with E-state index in [2.05, 4.69) is 38.1 Å². The molecule has 0 amide bonds. The standard InChI is InChI=1S/C14H23NO/c1-5-16-11(4)14(15)13-8-6-12(7-9-13)10(2)3/h6-11,14H,5,15H2,1-4H3. The van der Waals surface area contributed by atoms with E-state index in [9.17, 15) is 0 Å². The molecule has 0 saturated carbocycles. The second-order valence-corrected chi connectivity index (χ2v) is 4.51. The third kappa shape index (κ3) is 3.32. The van der Waals surface area contributed by atoms with Crippen molar-refractivity contribution in [2.45, 2.75) is 45.8 Å². The van der Waals surface area contributed by atoms with Crippen molar-refractivity contribution in [2.75, 3.05) is 6.61 Å². The topological polar surface area (TPSA) is 35.2 Å². The molecule has 90 valence electrons. The molecule has 0 spiro atoms. The van der Waals surface area contributed by atoms with E-state index in [1.807, 2.05) is 13.8 Å². The Balaban J connectivity index is 2.73. The van der Waals surface area contributed by atoms with Crippen LogP contribution in [0.25, 0.3) is 0 Å². The highest BCUT2D eigenvalue weighted by atomic mass is 16.5. The second kappa shape index (κ2) is 6.02. The summed E-state index contributed by atoms with van der Waals surface area (Å²) < 4.78 is 5.51. The predicted molar refractivity (Wildman–Crippen MR) is 68.5 cm³/mol. The Labute approximate surface area is 98.8 Å². The van der Waals surface area contributed by atoms with Crippen molar-refractivity contribution in [2.24, 2.45) is 5.73 Å². The number of benzene rings is 1. The van der Waals surface area contributed by atoms with Gasteiger partial charge in [0.15, 0.2) is 0 Å². The van der Waals surface area contributed by atoms with Gasteiger partial charge in [0.25, 0.3) is 0 Å². The summed E-state index contributed by atoms with van der Waals surface area (Å²) in [4.78, 5) is 0. The number of rotatable bonds is 5. The number of ether oxygens (including phenoxy) is 1. The van der Waals surface area contributed by atoms with Crippen LogP contribution in [0.1, 0.15) is 50.8 Å². The molecule has 0 heterocycles. The Kier molecular flexibility index (Phi) is 4.97. The Morgan fingerprint density at radius 3 is 2.00 bits per heavy atom. The monoisotopic (exact) mass is 221 g/mol. The van der Waals surface area contributed by atoms with Crippen LogP contribution in [0.5, 0.6) is 0 Å². The van der Waals surface area contributed by atoms with Gasteiger partial charge in [0.1, 0.15) is 0 Å². The third-order valence-electron chi connectivity index (χ3n) is 2.92. The number of hydrogen-bond donors (Lipinski definition) is 1. The van der Waals surface area contributed by atoms with Crippen LogP contribution in [0.2, 0.25) is 0 Å². The summed E-state index contributed by atoms with van der Waals surface area (Å²) in [7, 11) is 0. The van der Waals surface area contributed by atoms with E-state index in [0.29, 0.717) is 12.5 Å². The average Bonchev–Trinajstić information content (AvgIpc) is 2.28. The molecule has 2 heteroatoms. The molecular formula is C14H23NO. The van der Waals surface area contributed by atoms with Gasteiger partial charge in [-0.2, -0.15) is 0 Å². The molecule has 1 rings (SSSR count). The summed E-state index contributed by atoms with van der Waals surface area (Å²) in [5.41, 5.74) is 8.62. The summed E-state index contributed by atoms with van der Waals surface area (Å²) in [6.45, 7) is 9.10. The highest BCUT2D eigenvalue weighted by molar-refractivity contribution is 5.27. The van der Waals surface area contributed by atoms with E-state index in [1.54, 1.807) is 0 Å². The van der Waals surface area contributed by atoms with Gasteiger partial charge in [-0.15, -0.1) is 0 Å². The number of nitrogens with two attached hydrogens (primary N) is 1. The van der Waals surface area contributed by atoms with Gasteiger partial charge in [0, 0.05) is 6.61 Å². The predicted octanol–water partition coefficient (Wildman–Crippen LogP) is 3.23. The molecule has 0 saturated heterocycles. The fourth-order valence-electron chi connectivity index (χ4n) is 1.74. The third-order valence-corrected chi connectivity index (χ3v) is 2.92. The maximum atomic E-state index is 6.13. The molecular weight excluding hydrogens is 198 g/mol. The molecule has 0 aliphatic carbocycles. The molecule has 1 aromatic rings. The Morgan fingerprint density at radius 2 is 1.56 bits per heavy atom. The molecule has 0 radical (unpaired) electrons. The lowest BCUT2D eigenvalue weighted by atomic mass is 9.97. The van der Waals surface area contributed by atoms with Gasteiger partial charge in [-0.05, 0) is 30.9 Å². The summed E-state index contributed by atoms with van der Waals surface area (Å²) in [5, 5.41) is 0. The van der Waals surface area contributed by atoms with Crippen molar-refractivity contribution in [3.63, 3.8) is 0 Å². The zero-order valence-electron chi connectivity index (χ0n) is 10.7. The summed E-state index contributed by atoms with van der Waals surface area (Å²) in [6.07, 6.45) is 0.0647. The Morgan fingerprint density at radius 1 is 1.06 bits per heavy atom. The van der Waals surface area contributed by atoms with E-state index in [0.717, 1.165) is 5.56 Å². The van der Waals surface area contributed by atoms with E-state index in [4.69, 9.17) is 10.5 Å². The van der Waals surface area contributed by atoms with Crippen LogP contribution in [-0.4, -0.2) is 12.7 Å². The minimum atomic E-state index is -0.0406. The van der Waals surface area contributed by atoms with Gasteiger partial charge in [-0.25, -0.2) is 0 Å². The first kappa shape index (κ1) is 13.2. The quantitative estimate of drug-likeness (QED) is 0.828. The largest absolute Gasteiger partial charge is 0.377 e. The average molecular weight is 221 g/mol. The van der Waals surface area contributed by atoms with Crippen molar-refractivity contribution < 1.29 is 4.74 Å².